The number of carbonyl (C=O) groups excluding carboxylic acids is 3. The van der Waals surface area contributed by atoms with Crippen LogP contribution in [0.3, 0.4) is 0 Å². The number of aromatic hydroxyl groups is 1. The van der Waals surface area contributed by atoms with Gasteiger partial charge >= 0.3 is 6.03 Å². The first-order chi connectivity index (χ1) is 14.4. The van der Waals surface area contributed by atoms with Gasteiger partial charge in [0.15, 0.2) is 0 Å². The second-order valence-electron chi connectivity index (χ2n) is 6.57. The SMILES string of the molecule is CCN(CC)c1ccc(/C=C2\C(=O)NC(=O)N(c3ccc(OC)cc3)C2=O)c(O)c1. The fourth-order valence-electron chi connectivity index (χ4n) is 3.22. The lowest BCUT2D eigenvalue weighted by Crippen LogP contribution is -2.54. The highest BCUT2D eigenvalue weighted by Crippen LogP contribution is 2.29. The molecular weight excluding hydrogens is 386 g/mol. The number of phenolic OH excluding ortho intramolecular Hbond substituents is 1. The zero-order chi connectivity index (χ0) is 21.8. The quantitative estimate of drug-likeness (QED) is 0.562. The number of barbiturate groups is 1. The van der Waals surface area contributed by atoms with Crippen LogP contribution in [0.15, 0.2) is 48.0 Å². The molecule has 0 atom stereocenters. The van der Waals surface area contributed by atoms with Crippen molar-refractivity contribution in [2.24, 2.45) is 0 Å². The van der Waals surface area contributed by atoms with Gasteiger partial charge in [-0.2, -0.15) is 0 Å². The Morgan fingerprint density at radius 1 is 1.07 bits per heavy atom. The van der Waals surface area contributed by atoms with Gasteiger partial charge in [-0.15, -0.1) is 0 Å². The zero-order valence-corrected chi connectivity index (χ0v) is 17.0. The van der Waals surface area contributed by atoms with Gasteiger partial charge in [-0.25, -0.2) is 9.69 Å². The third-order valence-corrected chi connectivity index (χ3v) is 4.87. The molecule has 0 aromatic heterocycles. The molecule has 3 rings (SSSR count). The van der Waals surface area contributed by atoms with Gasteiger partial charge in [0, 0.05) is 30.4 Å². The van der Waals surface area contributed by atoms with E-state index in [2.05, 4.69) is 10.2 Å². The molecule has 0 aliphatic carbocycles. The third kappa shape index (κ3) is 3.98. The van der Waals surface area contributed by atoms with E-state index in [1.165, 1.54) is 13.2 Å². The lowest BCUT2D eigenvalue weighted by molar-refractivity contribution is -0.122. The molecule has 1 fully saturated rings. The van der Waals surface area contributed by atoms with Gasteiger partial charge in [0.1, 0.15) is 17.1 Å². The minimum Gasteiger partial charge on any atom is -0.507 e. The van der Waals surface area contributed by atoms with Gasteiger partial charge < -0.3 is 14.7 Å². The number of rotatable bonds is 6. The summed E-state index contributed by atoms with van der Waals surface area (Å²) in [6.07, 6.45) is 1.28. The number of anilines is 2. The molecule has 0 unspecified atom stereocenters. The summed E-state index contributed by atoms with van der Waals surface area (Å²) in [7, 11) is 1.51. The number of urea groups is 1. The average Bonchev–Trinajstić information content (AvgIpc) is 2.73. The molecule has 0 bridgehead atoms. The van der Waals surface area contributed by atoms with E-state index in [0.717, 1.165) is 23.7 Å². The summed E-state index contributed by atoms with van der Waals surface area (Å²) < 4.78 is 5.08. The normalized spacial score (nSPS) is 15.4. The number of nitrogens with zero attached hydrogens (tertiary/aromatic N) is 2. The number of nitrogens with one attached hydrogen (secondary N) is 1. The lowest BCUT2D eigenvalue weighted by Gasteiger charge is -2.26. The Labute approximate surface area is 174 Å². The topological polar surface area (TPSA) is 99.2 Å². The monoisotopic (exact) mass is 409 g/mol. The van der Waals surface area contributed by atoms with Crippen LogP contribution in [0, 0.1) is 0 Å². The summed E-state index contributed by atoms with van der Waals surface area (Å²) in [5.74, 6) is -1.10. The standard InChI is InChI=1S/C22H23N3O5/c1-4-24(5-2)16-7-6-14(19(26)13-16)12-18-20(27)23-22(29)25(21(18)28)15-8-10-17(30-3)11-9-15/h6-13,26H,4-5H2,1-3H3,(H,23,27,29)/b18-12+. The molecule has 0 radical (unpaired) electrons. The van der Waals surface area contributed by atoms with Crippen molar-refractivity contribution in [2.75, 3.05) is 30.0 Å². The molecule has 0 spiro atoms. The summed E-state index contributed by atoms with van der Waals surface area (Å²) >= 11 is 0. The van der Waals surface area contributed by atoms with Crippen molar-refractivity contribution in [2.45, 2.75) is 13.8 Å². The van der Waals surface area contributed by atoms with E-state index in [1.807, 2.05) is 13.8 Å². The summed E-state index contributed by atoms with van der Waals surface area (Å²) in [5, 5.41) is 12.6. The summed E-state index contributed by atoms with van der Waals surface area (Å²) in [6.45, 7) is 5.56. The van der Waals surface area contributed by atoms with E-state index >= 15 is 0 Å². The molecule has 0 saturated carbocycles. The highest BCUT2D eigenvalue weighted by atomic mass is 16.5. The van der Waals surface area contributed by atoms with Crippen LogP contribution in [-0.4, -0.2) is 43.2 Å². The highest BCUT2D eigenvalue weighted by Gasteiger charge is 2.37. The maximum absolute atomic E-state index is 12.9. The fourth-order valence-corrected chi connectivity index (χ4v) is 3.22. The first-order valence-electron chi connectivity index (χ1n) is 9.53. The van der Waals surface area contributed by atoms with Crippen LogP contribution in [0.4, 0.5) is 16.2 Å². The Balaban J connectivity index is 1.96. The summed E-state index contributed by atoms with van der Waals surface area (Å²) in [4.78, 5) is 40.5. The number of hydrogen-bond acceptors (Lipinski definition) is 6. The predicted octanol–water partition coefficient (Wildman–Crippen LogP) is 2.91. The van der Waals surface area contributed by atoms with Crippen LogP contribution in [0.1, 0.15) is 19.4 Å². The molecule has 8 nitrogen and oxygen atoms in total. The van der Waals surface area contributed by atoms with Gasteiger partial charge in [-0.3, -0.25) is 14.9 Å². The summed E-state index contributed by atoms with van der Waals surface area (Å²) in [5.41, 5.74) is 1.16. The molecule has 1 aliphatic rings. The van der Waals surface area contributed by atoms with Crippen LogP contribution in [-0.2, 0) is 9.59 Å². The Morgan fingerprint density at radius 3 is 2.30 bits per heavy atom. The molecule has 1 aliphatic heterocycles. The van der Waals surface area contributed by atoms with Crippen molar-refractivity contribution >= 4 is 35.3 Å². The van der Waals surface area contributed by atoms with Crippen LogP contribution in [0.5, 0.6) is 11.5 Å². The number of hydrogen-bond donors (Lipinski definition) is 2. The molecule has 2 aromatic rings. The number of imide groups is 2. The Hall–Kier alpha value is -3.81. The molecule has 2 N–H and O–H groups in total. The number of benzene rings is 2. The van der Waals surface area contributed by atoms with Crippen molar-refractivity contribution in [3.8, 4) is 11.5 Å². The Morgan fingerprint density at radius 2 is 1.73 bits per heavy atom. The number of methoxy groups -OCH3 is 1. The van der Waals surface area contributed by atoms with E-state index < -0.39 is 17.8 Å². The fraction of sp³-hybridized carbons (Fsp3) is 0.227. The third-order valence-electron chi connectivity index (χ3n) is 4.87. The smallest absolute Gasteiger partial charge is 0.335 e. The highest BCUT2D eigenvalue weighted by molar-refractivity contribution is 6.39. The minimum absolute atomic E-state index is 0.0691. The molecule has 4 amide bonds. The minimum atomic E-state index is -0.839. The van der Waals surface area contributed by atoms with Gasteiger partial charge in [0.05, 0.1) is 12.8 Å². The molecule has 8 heteroatoms. The van der Waals surface area contributed by atoms with Crippen molar-refractivity contribution in [1.29, 1.82) is 0 Å². The van der Waals surface area contributed by atoms with Crippen molar-refractivity contribution in [3.63, 3.8) is 0 Å². The van der Waals surface area contributed by atoms with E-state index in [9.17, 15) is 19.5 Å². The molecule has 30 heavy (non-hydrogen) atoms. The van der Waals surface area contributed by atoms with Gasteiger partial charge in [-0.1, -0.05) is 0 Å². The van der Waals surface area contributed by atoms with Crippen LogP contribution < -0.4 is 19.9 Å². The van der Waals surface area contributed by atoms with E-state index in [4.69, 9.17) is 4.74 Å². The Kier molecular flexibility index (Phi) is 6.06. The average molecular weight is 409 g/mol. The van der Waals surface area contributed by atoms with Crippen LogP contribution >= 0.6 is 0 Å². The maximum atomic E-state index is 12.9. The number of phenols is 1. The van der Waals surface area contributed by atoms with Gasteiger partial charge in [0.25, 0.3) is 11.8 Å². The molecule has 156 valence electrons. The Bertz CT molecular complexity index is 1010. The molecule has 1 saturated heterocycles. The molecule has 2 aromatic carbocycles. The first-order valence-corrected chi connectivity index (χ1v) is 9.53. The van der Waals surface area contributed by atoms with Crippen LogP contribution in [0.2, 0.25) is 0 Å². The van der Waals surface area contributed by atoms with E-state index in [0.29, 0.717) is 11.3 Å². The van der Waals surface area contributed by atoms with E-state index in [1.54, 1.807) is 42.5 Å². The van der Waals surface area contributed by atoms with Gasteiger partial charge in [-0.05, 0) is 56.3 Å². The van der Waals surface area contributed by atoms with Crippen LogP contribution in [0.25, 0.3) is 6.08 Å². The predicted molar refractivity (Wildman–Crippen MR) is 114 cm³/mol. The number of carbonyl (C=O) groups is 3. The molecular formula is C22H23N3O5. The number of amides is 4. The molecule has 1 heterocycles. The van der Waals surface area contributed by atoms with Gasteiger partial charge in [0.2, 0.25) is 0 Å². The first kappa shape index (κ1) is 20.9. The second kappa shape index (κ2) is 8.69. The van der Waals surface area contributed by atoms with E-state index in [-0.39, 0.29) is 17.0 Å². The van der Waals surface area contributed by atoms with Crippen molar-refractivity contribution in [1.82, 2.24) is 5.32 Å². The summed E-state index contributed by atoms with van der Waals surface area (Å²) in [6, 6.07) is 10.5. The second-order valence-corrected chi connectivity index (χ2v) is 6.57. The number of ether oxygens (including phenoxy) is 1. The maximum Gasteiger partial charge on any atom is 0.335 e. The van der Waals surface area contributed by atoms with Crippen molar-refractivity contribution in [3.05, 3.63) is 53.6 Å². The zero-order valence-electron chi connectivity index (χ0n) is 17.0. The lowest BCUT2D eigenvalue weighted by atomic mass is 10.1. The van der Waals surface area contributed by atoms with Crippen molar-refractivity contribution < 1.29 is 24.2 Å². The largest absolute Gasteiger partial charge is 0.507 e.